The summed E-state index contributed by atoms with van der Waals surface area (Å²) in [6.07, 6.45) is 0.968. The molecule has 2 aliphatic rings. The lowest BCUT2D eigenvalue weighted by Crippen LogP contribution is -2.42. The number of carbonyl (C=O) groups excluding carboxylic acids is 2. The molecule has 0 bridgehead atoms. The molecular formula is C29H31N7O4. The number of amides is 1. The molecule has 2 aromatic carbocycles. The second-order valence-electron chi connectivity index (χ2n) is 10.4. The van der Waals surface area contributed by atoms with Gasteiger partial charge >= 0.3 is 5.69 Å². The minimum absolute atomic E-state index is 0.127. The van der Waals surface area contributed by atoms with Crippen LogP contribution in [-0.2, 0) is 31.5 Å². The fourth-order valence-electron chi connectivity index (χ4n) is 5.82. The van der Waals surface area contributed by atoms with Crippen molar-refractivity contribution in [3.8, 4) is 0 Å². The maximum absolute atomic E-state index is 13.9. The Balaban J connectivity index is 1.42. The highest BCUT2D eigenvalue weighted by Gasteiger charge is 2.40. The van der Waals surface area contributed by atoms with Crippen molar-refractivity contribution >= 4 is 28.8 Å². The smallest absolute Gasteiger partial charge is 0.332 e. The number of fused-ring (bicyclic) bond motifs is 2. The van der Waals surface area contributed by atoms with Crippen LogP contribution in [0.25, 0.3) is 11.2 Å². The number of Topliss-reactive ketones (excluding diaryl/α,β-unsaturated/α-hetero) is 1. The van der Waals surface area contributed by atoms with Gasteiger partial charge in [0.2, 0.25) is 11.9 Å². The Bertz CT molecular complexity index is 1690. The third kappa shape index (κ3) is 4.62. The van der Waals surface area contributed by atoms with Gasteiger partial charge in [0.25, 0.3) is 5.56 Å². The van der Waals surface area contributed by atoms with Crippen molar-refractivity contribution in [2.45, 2.75) is 32.1 Å². The summed E-state index contributed by atoms with van der Waals surface area (Å²) in [6, 6.07) is 18.3. The van der Waals surface area contributed by atoms with E-state index in [1.165, 1.54) is 11.6 Å². The molecule has 2 atom stereocenters. The van der Waals surface area contributed by atoms with Gasteiger partial charge in [-0.3, -0.25) is 28.1 Å². The van der Waals surface area contributed by atoms with Crippen molar-refractivity contribution < 1.29 is 9.59 Å². The molecule has 0 saturated carbocycles. The molecule has 0 aliphatic carbocycles. The lowest BCUT2D eigenvalue weighted by molar-refractivity contribution is -0.121. The number of benzene rings is 2. The molecule has 2 N–H and O–H groups in total. The van der Waals surface area contributed by atoms with E-state index >= 15 is 0 Å². The van der Waals surface area contributed by atoms with Crippen LogP contribution in [0.4, 0.5) is 5.95 Å². The van der Waals surface area contributed by atoms with Crippen LogP contribution in [0.5, 0.6) is 0 Å². The van der Waals surface area contributed by atoms with Crippen molar-refractivity contribution in [3.63, 3.8) is 0 Å². The van der Waals surface area contributed by atoms with Gasteiger partial charge < -0.3 is 15.5 Å². The minimum Gasteiger partial charge on any atom is -0.350 e. The molecule has 4 aromatic rings. The Morgan fingerprint density at radius 1 is 0.975 bits per heavy atom. The Morgan fingerprint density at radius 3 is 2.45 bits per heavy atom. The molecule has 206 valence electrons. The molecule has 2 aromatic heterocycles. The highest BCUT2D eigenvalue weighted by Crippen LogP contribution is 2.32. The Morgan fingerprint density at radius 2 is 1.70 bits per heavy atom. The topological polar surface area (TPSA) is 123 Å². The highest BCUT2D eigenvalue weighted by molar-refractivity contribution is 5.96. The summed E-state index contributed by atoms with van der Waals surface area (Å²) < 4.78 is 3.84. The van der Waals surface area contributed by atoms with E-state index in [-0.39, 0.29) is 35.4 Å². The van der Waals surface area contributed by atoms with Crippen LogP contribution in [0, 0.1) is 5.92 Å². The van der Waals surface area contributed by atoms with Crippen LogP contribution in [0.15, 0.2) is 70.3 Å². The first kappa shape index (κ1) is 25.8. The second-order valence-corrected chi connectivity index (χ2v) is 10.4. The third-order valence-corrected chi connectivity index (χ3v) is 7.95. The van der Waals surface area contributed by atoms with Gasteiger partial charge in [-0.25, -0.2) is 4.79 Å². The van der Waals surface area contributed by atoms with Crippen LogP contribution >= 0.6 is 0 Å². The molecule has 6 rings (SSSR count). The number of aryl methyl sites for hydroxylation is 1. The van der Waals surface area contributed by atoms with E-state index < -0.39 is 17.8 Å². The normalized spacial score (nSPS) is 18.3. The summed E-state index contributed by atoms with van der Waals surface area (Å²) in [7, 11) is 1.54. The van der Waals surface area contributed by atoms with Crippen LogP contribution in [-0.4, -0.2) is 56.1 Å². The summed E-state index contributed by atoms with van der Waals surface area (Å²) >= 11 is 0. The molecule has 1 amide bonds. The van der Waals surface area contributed by atoms with E-state index in [0.717, 1.165) is 36.2 Å². The number of hydrogen-bond acceptors (Lipinski definition) is 7. The van der Waals surface area contributed by atoms with Crippen molar-refractivity contribution in [1.29, 1.82) is 0 Å². The number of nitrogens with zero attached hydrogens (tertiary/aromatic N) is 5. The lowest BCUT2D eigenvalue weighted by atomic mass is 10.1. The number of aromatic nitrogens is 4. The largest absolute Gasteiger partial charge is 0.350 e. The van der Waals surface area contributed by atoms with Gasteiger partial charge in [-0.15, -0.1) is 0 Å². The van der Waals surface area contributed by atoms with Crippen molar-refractivity contribution in [3.05, 3.63) is 92.6 Å². The summed E-state index contributed by atoms with van der Waals surface area (Å²) in [5, 5.41) is 6.35. The van der Waals surface area contributed by atoms with Gasteiger partial charge in [0.15, 0.2) is 16.9 Å². The number of hydrogen-bond donors (Lipinski definition) is 2. The Labute approximate surface area is 230 Å². The van der Waals surface area contributed by atoms with E-state index in [2.05, 4.69) is 15.5 Å². The van der Waals surface area contributed by atoms with Gasteiger partial charge in [0.05, 0.1) is 6.54 Å². The molecule has 40 heavy (non-hydrogen) atoms. The molecule has 0 radical (unpaired) electrons. The zero-order valence-corrected chi connectivity index (χ0v) is 22.2. The maximum Gasteiger partial charge on any atom is 0.332 e. The highest BCUT2D eigenvalue weighted by atomic mass is 16.2. The number of imidazole rings is 1. The molecule has 11 nitrogen and oxygen atoms in total. The SMILES string of the molecule is Cn1c(=O)n(CC(=O)c2ccccc2)c(=O)c2c1nc(N1CCC3CNCC31)n2CC(=O)NCc1ccccc1. The minimum atomic E-state index is -0.641. The predicted molar refractivity (Wildman–Crippen MR) is 150 cm³/mol. The maximum atomic E-state index is 13.9. The van der Waals surface area contributed by atoms with Crippen molar-refractivity contribution in [1.82, 2.24) is 29.3 Å². The fourth-order valence-corrected chi connectivity index (χ4v) is 5.82. The number of anilines is 1. The van der Waals surface area contributed by atoms with Gasteiger partial charge in [-0.2, -0.15) is 4.98 Å². The molecule has 2 aliphatic heterocycles. The Hall–Kier alpha value is -4.51. The molecule has 2 unspecified atom stereocenters. The molecule has 2 saturated heterocycles. The number of rotatable bonds is 8. The lowest BCUT2D eigenvalue weighted by Gasteiger charge is -2.25. The number of carbonyl (C=O) groups is 2. The first-order valence-electron chi connectivity index (χ1n) is 13.5. The average molecular weight is 542 g/mol. The van der Waals surface area contributed by atoms with E-state index in [4.69, 9.17) is 4.98 Å². The quantitative estimate of drug-likeness (QED) is 0.318. The number of nitrogens with one attached hydrogen (secondary N) is 2. The van der Waals surface area contributed by atoms with Gasteiger partial charge in [-0.05, 0) is 17.9 Å². The fraction of sp³-hybridized carbons (Fsp3) is 0.345. The summed E-state index contributed by atoms with van der Waals surface area (Å²) in [5.41, 5.74) is 0.407. The summed E-state index contributed by atoms with van der Waals surface area (Å²) in [5.74, 6) is 0.291. The standard InChI is InChI=1S/C29H31N7O4/c1-33-26-25(27(39)36(29(33)40)17-23(37)20-10-6-3-7-11-20)35(18-24(38)31-14-19-8-4-2-5-9-19)28(32-26)34-13-12-21-15-30-16-22(21)34/h2-11,21-22,30H,12-18H2,1H3,(H,31,38). The van der Waals surface area contributed by atoms with Crippen LogP contribution in [0.3, 0.4) is 0 Å². The van der Waals surface area contributed by atoms with Gasteiger partial charge in [0, 0.05) is 44.8 Å². The van der Waals surface area contributed by atoms with E-state index in [1.54, 1.807) is 34.9 Å². The summed E-state index contributed by atoms with van der Waals surface area (Å²) in [6.45, 7) is 2.20. The van der Waals surface area contributed by atoms with E-state index in [0.29, 0.717) is 24.0 Å². The zero-order chi connectivity index (χ0) is 27.8. The van der Waals surface area contributed by atoms with Gasteiger partial charge in [-0.1, -0.05) is 60.7 Å². The third-order valence-electron chi connectivity index (χ3n) is 7.95. The molecule has 11 heteroatoms. The van der Waals surface area contributed by atoms with E-state index in [9.17, 15) is 19.2 Å². The summed E-state index contributed by atoms with van der Waals surface area (Å²) in [4.78, 5) is 60.3. The molecule has 4 heterocycles. The van der Waals surface area contributed by atoms with Crippen molar-refractivity contribution in [2.75, 3.05) is 24.5 Å². The predicted octanol–water partition coefficient (Wildman–Crippen LogP) is 0.894. The first-order chi connectivity index (χ1) is 19.4. The van der Waals surface area contributed by atoms with Crippen LogP contribution in [0.2, 0.25) is 0 Å². The van der Waals surface area contributed by atoms with E-state index in [1.807, 2.05) is 30.3 Å². The average Bonchev–Trinajstić information content (AvgIpc) is 3.69. The number of ketones is 1. The van der Waals surface area contributed by atoms with Crippen molar-refractivity contribution in [2.24, 2.45) is 13.0 Å². The first-order valence-corrected chi connectivity index (χ1v) is 13.5. The monoisotopic (exact) mass is 541 g/mol. The molecule has 0 spiro atoms. The molecular weight excluding hydrogens is 510 g/mol. The molecule has 2 fully saturated rings. The van der Waals surface area contributed by atoms with Crippen LogP contribution < -0.4 is 26.8 Å². The second kappa shape index (κ2) is 10.6. The Kier molecular flexibility index (Phi) is 6.81. The zero-order valence-electron chi connectivity index (χ0n) is 22.2. The van der Waals surface area contributed by atoms with Gasteiger partial charge in [0.1, 0.15) is 6.54 Å². The van der Waals surface area contributed by atoms with Crippen LogP contribution in [0.1, 0.15) is 22.3 Å².